The van der Waals surface area contributed by atoms with E-state index in [1.165, 1.54) is 0 Å². The Hall–Kier alpha value is -2.79. The van der Waals surface area contributed by atoms with Gasteiger partial charge in [0, 0.05) is 28.5 Å². The second-order valence-corrected chi connectivity index (χ2v) is 6.70. The molecule has 0 saturated heterocycles. The van der Waals surface area contributed by atoms with Crippen LogP contribution in [0.15, 0.2) is 48.7 Å². The van der Waals surface area contributed by atoms with E-state index in [2.05, 4.69) is 10.4 Å². The van der Waals surface area contributed by atoms with Crippen molar-refractivity contribution in [1.82, 2.24) is 9.78 Å². The number of anilines is 1. The summed E-state index contributed by atoms with van der Waals surface area (Å²) in [4.78, 5) is 12.4. The average Bonchev–Trinajstić information content (AvgIpc) is 3.07. The molecule has 6 heteroatoms. The number of aromatic nitrogens is 2. The molecule has 26 heavy (non-hydrogen) atoms. The molecule has 1 N–H and O–H groups in total. The van der Waals surface area contributed by atoms with Crippen LogP contribution >= 0.6 is 11.6 Å². The predicted molar refractivity (Wildman–Crippen MR) is 101 cm³/mol. The quantitative estimate of drug-likeness (QED) is 0.750. The molecule has 1 aliphatic rings. The van der Waals surface area contributed by atoms with Crippen molar-refractivity contribution in [3.63, 3.8) is 0 Å². The van der Waals surface area contributed by atoms with Crippen molar-refractivity contribution < 1.29 is 9.53 Å². The first-order valence-corrected chi connectivity index (χ1v) is 8.74. The molecule has 0 saturated carbocycles. The van der Waals surface area contributed by atoms with Crippen molar-refractivity contribution in [3.8, 4) is 11.4 Å². The smallest absolute Gasteiger partial charge is 0.226 e. The second kappa shape index (κ2) is 6.50. The average molecular weight is 368 g/mol. The van der Waals surface area contributed by atoms with Crippen LogP contribution in [0.2, 0.25) is 5.02 Å². The maximum atomic E-state index is 12.4. The second-order valence-electron chi connectivity index (χ2n) is 6.29. The molecular formula is C20H18ClN3O2. The lowest BCUT2D eigenvalue weighted by atomic mass is 9.87. The molecule has 1 amide bonds. The minimum absolute atomic E-state index is 0.0464. The summed E-state index contributed by atoms with van der Waals surface area (Å²) < 4.78 is 7.24. The van der Waals surface area contributed by atoms with Gasteiger partial charge in [-0.3, -0.25) is 4.79 Å². The molecule has 132 valence electrons. The van der Waals surface area contributed by atoms with Gasteiger partial charge in [0.15, 0.2) is 0 Å². The highest BCUT2D eigenvalue weighted by molar-refractivity contribution is 6.31. The Balaban J connectivity index is 1.87. The van der Waals surface area contributed by atoms with Crippen molar-refractivity contribution in [2.24, 2.45) is 0 Å². The highest BCUT2D eigenvalue weighted by Crippen LogP contribution is 2.41. The van der Waals surface area contributed by atoms with Crippen molar-refractivity contribution in [1.29, 1.82) is 0 Å². The van der Waals surface area contributed by atoms with Crippen molar-refractivity contribution in [2.45, 2.75) is 19.3 Å². The van der Waals surface area contributed by atoms with Gasteiger partial charge in [0.25, 0.3) is 0 Å². The molecule has 5 nitrogen and oxygen atoms in total. The van der Waals surface area contributed by atoms with E-state index >= 15 is 0 Å². The number of ether oxygens (including phenoxy) is 1. The molecule has 0 bridgehead atoms. The van der Waals surface area contributed by atoms with Gasteiger partial charge in [-0.25, -0.2) is 4.68 Å². The third kappa shape index (κ3) is 2.65. The summed E-state index contributed by atoms with van der Waals surface area (Å²) in [6, 6.07) is 13.4. The molecule has 4 rings (SSSR count). The van der Waals surface area contributed by atoms with Gasteiger partial charge in [-0.05, 0) is 30.7 Å². The predicted octanol–water partition coefficient (Wildman–Crippen LogP) is 4.32. The molecule has 1 aliphatic heterocycles. The lowest BCUT2D eigenvalue weighted by molar-refractivity contribution is -0.116. The third-order valence-electron chi connectivity index (χ3n) is 4.80. The number of hydrogen-bond acceptors (Lipinski definition) is 3. The molecule has 1 unspecified atom stereocenters. The number of hydrogen-bond donors (Lipinski definition) is 1. The molecule has 1 aromatic heterocycles. The first-order chi connectivity index (χ1) is 12.6. The van der Waals surface area contributed by atoms with Crippen molar-refractivity contribution in [2.75, 3.05) is 12.4 Å². The topological polar surface area (TPSA) is 56.1 Å². The van der Waals surface area contributed by atoms with E-state index in [0.717, 1.165) is 28.1 Å². The van der Waals surface area contributed by atoms with E-state index < -0.39 is 0 Å². The molecule has 0 radical (unpaired) electrons. The lowest BCUT2D eigenvalue weighted by Gasteiger charge is -2.25. The molecule has 1 atom stereocenters. The molecule has 0 fully saturated rings. The molecule has 3 aromatic rings. The van der Waals surface area contributed by atoms with Crippen molar-refractivity contribution in [3.05, 3.63) is 70.4 Å². The van der Waals surface area contributed by atoms with Crippen LogP contribution < -0.4 is 10.1 Å². The van der Waals surface area contributed by atoms with Crippen LogP contribution in [0, 0.1) is 6.92 Å². The summed E-state index contributed by atoms with van der Waals surface area (Å²) in [6.07, 6.45) is 2.17. The third-order valence-corrected chi connectivity index (χ3v) is 5.21. The Morgan fingerprint density at radius 3 is 2.81 bits per heavy atom. The van der Waals surface area contributed by atoms with E-state index in [0.29, 0.717) is 17.3 Å². The zero-order valence-corrected chi connectivity index (χ0v) is 15.2. The van der Waals surface area contributed by atoms with Crippen LogP contribution in [0.1, 0.15) is 29.0 Å². The summed E-state index contributed by atoms with van der Waals surface area (Å²) in [7, 11) is 1.64. The van der Waals surface area contributed by atoms with Gasteiger partial charge in [0.1, 0.15) is 11.6 Å². The highest BCUT2D eigenvalue weighted by Gasteiger charge is 2.32. The first kappa shape index (κ1) is 16.7. The first-order valence-electron chi connectivity index (χ1n) is 8.36. The van der Waals surface area contributed by atoms with Crippen LogP contribution in [0.25, 0.3) is 5.69 Å². The molecule has 0 spiro atoms. The van der Waals surface area contributed by atoms with Crippen LogP contribution in [0.3, 0.4) is 0 Å². The van der Waals surface area contributed by atoms with Crippen molar-refractivity contribution >= 4 is 23.3 Å². The number of fused-ring (bicyclic) bond motifs is 1. The number of para-hydroxylation sites is 1. The van der Waals surface area contributed by atoms with E-state index in [1.807, 2.05) is 55.6 Å². The largest absolute Gasteiger partial charge is 0.496 e. The van der Waals surface area contributed by atoms with Crippen LogP contribution in [0.4, 0.5) is 5.82 Å². The minimum atomic E-state index is -0.108. The summed E-state index contributed by atoms with van der Waals surface area (Å²) in [5, 5.41) is 8.17. The minimum Gasteiger partial charge on any atom is -0.496 e. The van der Waals surface area contributed by atoms with Gasteiger partial charge < -0.3 is 10.1 Å². The fourth-order valence-corrected chi connectivity index (χ4v) is 3.63. The number of nitrogens with one attached hydrogen (secondary N) is 1. The fourth-order valence-electron chi connectivity index (χ4n) is 3.46. The molecule has 2 aromatic carbocycles. The lowest BCUT2D eigenvalue weighted by Crippen LogP contribution is -2.25. The number of nitrogens with zero attached hydrogens (tertiary/aromatic N) is 2. The zero-order valence-electron chi connectivity index (χ0n) is 14.5. The normalized spacial score (nSPS) is 16.1. The SMILES string of the molecule is COc1ccccc1C1CC(=O)Nc2c1cnn2-c1cccc(Cl)c1C. The summed E-state index contributed by atoms with van der Waals surface area (Å²) >= 11 is 6.26. The number of halogens is 1. The zero-order chi connectivity index (χ0) is 18.3. The Morgan fingerprint density at radius 1 is 1.19 bits per heavy atom. The Labute approximate surface area is 156 Å². The number of methoxy groups -OCH3 is 1. The Bertz CT molecular complexity index is 996. The van der Waals surface area contributed by atoms with Crippen LogP contribution in [0.5, 0.6) is 5.75 Å². The summed E-state index contributed by atoms with van der Waals surface area (Å²) in [6.45, 7) is 1.94. The van der Waals surface area contributed by atoms with Gasteiger partial charge in [-0.2, -0.15) is 5.10 Å². The summed E-state index contributed by atoms with van der Waals surface area (Å²) in [5.74, 6) is 1.30. The molecule has 0 aliphatic carbocycles. The van der Waals surface area contributed by atoms with Gasteiger partial charge in [-0.15, -0.1) is 0 Å². The monoisotopic (exact) mass is 367 g/mol. The van der Waals surface area contributed by atoms with Gasteiger partial charge in [0.2, 0.25) is 5.91 Å². The maximum Gasteiger partial charge on any atom is 0.226 e. The van der Waals surface area contributed by atoms with Gasteiger partial charge in [0.05, 0.1) is 19.0 Å². The van der Waals surface area contributed by atoms with E-state index in [4.69, 9.17) is 16.3 Å². The van der Waals surface area contributed by atoms with Crippen LogP contribution in [-0.2, 0) is 4.79 Å². The van der Waals surface area contributed by atoms with E-state index in [1.54, 1.807) is 11.8 Å². The maximum absolute atomic E-state index is 12.4. The number of rotatable bonds is 3. The Morgan fingerprint density at radius 2 is 2.00 bits per heavy atom. The molecule has 2 heterocycles. The number of carbonyl (C=O) groups excluding carboxylic acids is 1. The molecular weight excluding hydrogens is 350 g/mol. The number of carbonyl (C=O) groups is 1. The van der Waals surface area contributed by atoms with E-state index in [-0.39, 0.29) is 11.8 Å². The van der Waals surface area contributed by atoms with Gasteiger partial charge >= 0.3 is 0 Å². The van der Waals surface area contributed by atoms with Crippen LogP contribution in [-0.4, -0.2) is 22.8 Å². The summed E-state index contributed by atoms with van der Waals surface area (Å²) in [5.41, 5.74) is 3.70. The van der Waals surface area contributed by atoms with Gasteiger partial charge in [-0.1, -0.05) is 35.9 Å². The Kier molecular flexibility index (Phi) is 4.17. The number of benzene rings is 2. The highest BCUT2D eigenvalue weighted by atomic mass is 35.5. The fraction of sp³-hybridized carbons (Fsp3) is 0.200. The standard InChI is InChI=1S/C20H18ClN3O2/c1-12-16(21)7-5-8-17(12)24-20-15(11-22-24)14(10-19(25)23-20)13-6-3-4-9-18(13)26-2/h3-9,11,14H,10H2,1-2H3,(H,23,25). The number of amides is 1. The van der Waals surface area contributed by atoms with E-state index in [9.17, 15) is 4.79 Å².